The molecule has 0 saturated heterocycles. The molecule has 0 fully saturated rings. The topological polar surface area (TPSA) is 17.1 Å². The molecular weight excluding hydrogens is 332 g/mol. The first-order valence-corrected chi connectivity index (χ1v) is 10.4. The Balaban J connectivity index is 3.78. The smallest absolute Gasteiger partial charge is 0.190 e. The molecule has 0 rings (SSSR count). The number of rotatable bonds is 11. The summed E-state index contributed by atoms with van der Waals surface area (Å²) in [5.74, 6) is 6.30. The van der Waals surface area contributed by atoms with Crippen LogP contribution in [0.1, 0.15) is 6.42 Å². The highest BCUT2D eigenvalue weighted by Gasteiger charge is 2.12. The molecule has 0 aliphatic heterocycles. The zero-order valence-corrected chi connectivity index (χ0v) is 14.6. The fourth-order valence-electron chi connectivity index (χ4n) is 0.978. The number of thiol groups is 2. The third-order valence-electron chi connectivity index (χ3n) is 1.71. The lowest BCUT2D eigenvalue weighted by Crippen LogP contribution is -2.13. The van der Waals surface area contributed by atoms with Crippen LogP contribution in [-0.4, -0.2) is 50.8 Å². The monoisotopic (exact) mass is 350 g/mol. The van der Waals surface area contributed by atoms with Gasteiger partial charge in [-0.25, -0.2) is 0 Å². The van der Waals surface area contributed by atoms with E-state index in [0.29, 0.717) is 17.6 Å². The molecule has 0 N–H and O–H groups in total. The van der Waals surface area contributed by atoms with Gasteiger partial charge in [-0.2, -0.15) is 48.8 Å². The molecule has 17 heavy (non-hydrogen) atoms. The van der Waals surface area contributed by atoms with Gasteiger partial charge in [-0.1, -0.05) is 11.8 Å². The van der Waals surface area contributed by atoms with Crippen LogP contribution in [0.15, 0.2) is 0 Å². The molecule has 0 bridgehead atoms. The van der Waals surface area contributed by atoms with E-state index in [9.17, 15) is 4.79 Å². The van der Waals surface area contributed by atoms with Crippen LogP contribution >= 0.6 is 72.1 Å². The summed E-state index contributed by atoms with van der Waals surface area (Å²) in [6, 6.07) is 0. The molecule has 0 saturated carbocycles. The maximum atomic E-state index is 11.4. The maximum Gasteiger partial charge on any atom is 0.190 e. The van der Waals surface area contributed by atoms with Crippen LogP contribution < -0.4 is 0 Å². The van der Waals surface area contributed by atoms with Crippen molar-refractivity contribution in [2.45, 2.75) is 11.7 Å². The Bertz CT molecular complexity index is 194. The molecule has 1 atom stereocenters. The minimum Gasteiger partial charge on any atom is -0.287 e. The van der Waals surface area contributed by atoms with E-state index < -0.39 is 0 Å². The van der Waals surface area contributed by atoms with Crippen molar-refractivity contribution >= 4 is 77.3 Å². The van der Waals surface area contributed by atoms with E-state index in [1.165, 1.54) is 11.8 Å². The third-order valence-corrected chi connectivity index (χ3v) is 6.85. The van der Waals surface area contributed by atoms with E-state index in [2.05, 4.69) is 25.3 Å². The molecule has 0 aromatic heterocycles. The third kappa shape index (κ3) is 12.5. The predicted molar refractivity (Wildman–Crippen MR) is 94.1 cm³/mol. The van der Waals surface area contributed by atoms with Crippen LogP contribution in [0, 0.1) is 0 Å². The Kier molecular flexibility index (Phi) is 15.5. The second-order valence-electron chi connectivity index (χ2n) is 3.14. The lowest BCUT2D eigenvalue weighted by Gasteiger charge is -2.14. The lowest BCUT2D eigenvalue weighted by molar-refractivity contribution is -0.110. The van der Waals surface area contributed by atoms with Crippen molar-refractivity contribution in [3.63, 3.8) is 0 Å². The molecule has 0 spiro atoms. The summed E-state index contributed by atoms with van der Waals surface area (Å²) < 4.78 is 0. The first-order valence-electron chi connectivity index (χ1n) is 5.37. The van der Waals surface area contributed by atoms with Gasteiger partial charge < -0.3 is 0 Å². The van der Waals surface area contributed by atoms with Gasteiger partial charge in [0.25, 0.3) is 0 Å². The quantitative estimate of drug-likeness (QED) is 0.336. The molecule has 7 heteroatoms. The number of hydrogen-bond donors (Lipinski definition) is 2. The number of alkyl halides is 1. The Morgan fingerprint density at radius 3 is 2.47 bits per heavy atom. The fraction of sp³-hybridized carbons (Fsp3) is 0.900. The van der Waals surface area contributed by atoms with Crippen LogP contribution in [0.3, 0.4) is 0 Å². The fourth-order valence-corrected chi connectivity index (χ4v) is 5.23. The molecule has 0 aliphatic carbocycles. The minimum atomic E-state index is 0.204. The van der Waals surface area contributed by atoms with Crippen LogP contribution in [-0.2, 0) is 4.79 Å². The van der Waals surface area contributed by atoms with Gasteiger partial charge in [0.05, 0.1) is 0 Å². The van der Waals surface area contributed by atoms with Gasteiger partial charge >= 0.3 is 0 Å². The Morgan fingerprint density at radius 2 is 1.88 bits per heavy atom. The molecule has 0 radical (unpaired) electrons. The Hall–Kier alpha value is 1.71. The molecule has 1 nitrogen and oxygen atoms in total. The second kappa shape index (κ2) is 14.1. The molecule has 0 heterocycles. The average Bonchev–Trinajstić information content (AvgIpc) is 2.32. The average molecular weight is 351 g/mol. The number of hydrogen-bond acceptors (Lipinski definition) is 6. The van der Waals surface area contributed by atoms with Gasteiger partial charge in [0, 0.05) is 40.6 Å². The molecule has 0 aromatic rings. The highest BCUT2D eigenvalue weighted by Crippen LogP contribution is 2.22. The van der Waals surface area contributed by atoms with Gasteiger partial charge in [-0.15, -0.1) is 11.6 Å². The summed E-state index contributed by atoms with van der Waals surface area (Å²) >= 11 is 19.2. The van der Waals surface area contributed by atoms with Crippen LogP contribution in [0.4, 0.5) is 0 Å². The van der Waals surface area contributed by atoms with E-state index in [1.807, 2.05) is 23.5 Å². The summed E-state index contributed by atoms with van der Waals surface area (Å²) in [7, 11) is 0. The first-order chi connectivity index (χ1) is 8.24. The number of carbonyl (C=O) groups is 1. The van der Waals surface area contributed by atoms with Gasteiger partial charge in [0.2, 0.25) is 0 Å². The van der Waals surface area contributed by atoms with Gasteiger partial charge in [0.1, 0.15) is 0 Å². The lowest BCUT2D eigenvalue weighted by atomic mass is 10.5. The van der Waals surface area contributed by atoms with Crippen LogP contribution in [0.5, 0.6) is 0 Å². The molecule has 0 amide bonds. The highest BCUT2D eigenvalue weighted by atomic mass is 35.5. The molecular formula is C10H19ClOS5. The Labute approximate surface area is 133 Å². The summed E-state index contributed by atoms with van der Waals surface area (Å²) in [4.78, 5) is 11.4. The van der Waals surface area contributed by atoms with E-state index in [-0.39, 0.29) is 5.12 Å². The van der Waals surface area contributed by atoms with E-state index in [0.717, 1.165) is 34.5 Å². The number of carbonyl (C=O) groups excluding carboxylic acids is 1. The summed E-state index contributed by atoms with van der Waals surface area (Å²) in [6.45, 7) is 0. The zero-order valence-electron chi connectivity index (χ0n) is 9.64. The molecule has 0 aliphatic rings. The molecule has 102 valence electrons. The van der Waals surface area contributed by atoms with Crippen LogP contribution in [0.2, 0.25) is 0 Å². The van der Waals surface area contributed by atoms with Crippen molar-refractivity contribution in [3.05, 3.63) is 0 Å². The highest BCUT2D eigenvalue weighted by molar-refractivity contribution is 8.14. The van der Waals surface area contributed by atoms with E-state index >= 15 is 0 Å². The van der Waals surface area contributed by atoms with Crippen molar-refractivity contribution in [2.24, 2.45) is 0 Å². The minimum absolute atomic E-state index is 0.204. The van der Waals surface area contributed by atoms with E-state index in [4.69, 9.17) is 11.6 Å². The number of halogens is 1. The largest absolute Gasteiger partial charge is 0.287 e. The van der Waals surface area contributed by atoms with Gasteiger partial charge in [-0.05, 0) is 11.5 Å². The van der Waals surface area contributed by atoms with Gasteiger partial charge in [0.15, 0.2) is 5.12 Å². The summed E-state index contributed by atoms with van der Waals surface area (Å²) in [5, 5.41) is 0.729. The van der Waals surface area contributed by atoms with Crippen molar-refractivity contribution in [2.75, 3.05) is 40.4 Å². The summed E-state index contributed by atoms with van der Waals surface area (Å²) in [6.07, 6.45) is 0.472. The summed E-state index contributed by atoms with van der Waals surface area (Å²) in [5.41, 5.74) is 0. The predicted octanol–water partition coefficient (Wildman–Crippen LogP) is 3.57. The van der Waals surface area contributed by atoms with Gasteiger partial charge in [-0.3, -0.25) is 4.79 Å². The van der Waals surface area contributed by atoms with Crippen LogP contribution in [0.25, 0.3) is 0 Å². The maximum absolute atomic E-state index is 11.4. The Morgan fingerprint density at radius 1 is 1.18 bits per heavy atom. The normalized spacial score (nSPS) is 12.6. The zero-order chi connectivity index (χ0) is 12.9. The first kappa shape index (κ1) is 18.7. The van der Waals surface area contributed by atoms with Crippen molar-refractivity contribution in [1.29, 1.82) is 0 Å². The van der Waals surface area contributed by atoms with Crippen molar-refractivity contribution < 1.29 is 4.79 Å². The number of thioether (sulfide) groups is 3. The molecule has 0 aromatic carbocycles. The van der Waals surface area contributed by atoms with E-state index in [1.54, 1.807) is 0 Å². The SMILES string of the molecule is O=C(CCCl)SCC(CSCCS)SCCS. The van der Waals surface area contributed by atoms with Crippen molar-refractivity contribution in [3.8, 4) is 0 Å². The second-order valence-corrected chi connectivity index (χ2v) is 8.04. The van der Waals surface area contributed by atoms with Crippen molar-refractivity contribution in [1.82, 2.24) is 0 Å². The molecule has 1 unspecified atom stereocenters. The standard InChI is InChI=1S/C10H19ClOS5/c11-2-1-10(12)17-8-9(16-6-4-14)7-15-5-3-13/h9,13-14H,1-8H2.